The molecule has 0 saturated carbocycles. The van der Waals surface area contributed by atoms with Crippen molar-refractivity contribution in [2.24, 2.45) is 0 Å². The SMILES string of the molecule is C=CCC1(S(=O)(=O)c2ccccc2)COc2ccccc2C1=O. The largest absolute Gasteiger partial charge is 0.491 e. The Kier molecular flexibility index (Phi) is 3.82. The van der Waals surface area contributed by atoms with E-state index >= 15 is 0 Å². The molecule has 5 heteroatoms. The van der Waals surface area contributed by atoms with Gasteiger partial charge < -0.3 is 4.74 Å². The molecule has 118 valence electrons. The van der Waals surface area contributed by atoms with Gasteiger partial charge in [0.05, 0.1) is 10.5 Å². The molecule has 1 aliphatic heterocycles. The standard InChI is InChI=1S/C18H16O4S/c1-2-12-18(23(20,21)14-8-4-3-5-9-14)13-22-16-11-7-6-10-15(16)17(18)19/h2-11H,1,12-13H2. The summed E-state index contributed by atoms with van der Waals surface area (Å²) in [5.41, 5.74) is 0.292. The number of allylic oxidation sites excluding steroid dienone is 1. The topological polar surface area (TPSA) is 60.4 Å². The van der Waals surface area contributed by atoms with Crippen LogP contribution >= 0.6 is 0 Å². The number of para-hydroxylation sites is 1. The molecule has 0 radical (unpaired) electrons. The van der Waals surface area contributed by atoms with Crippen molar-refractivity contribution in [3.8, 4) is 5.75 Å². The highest BCUT2D eigenvalue weighted by Crippen LogP contribution is 2.39. The lowest BCUT2D eigenvalue weighted by molar-refractivity contribution is 0.0862. The van der Waals surface area contributed by atoms with Gasteiger partial charge >= 0.3 is 0 Å². The summed E-state index contributed by atoms with van der Waals surface area (Å²) in [6.07, 6.45) is 1.45. The molecular weight excluding hydrogens is 312 g/mol. The molecule has 1 aliphatic rings. The number of fused-ring (bicyclic) bond motifs is 1. The summed E-state index contributed by atoms with van der Waals surface area (Å²) in [5, 5.41) is 0. The van der Waals surface area contributed by atoms with Crippen molar-refractivity contribution in [1.82, 2.24) is 0 Å². The average Bonchev–Trinajstić information content (AvgIpc) is 2.58. The number of carbonyl (C=O) groups is 1. The second kappa shape index (κ2) is 5.66. The molecule has 23 heavy (non-hydrogen) atoms. The first-order chi connectivity index (χ1) is 11.0. The average molecular weight is 328 g/mol. The summed E-state index contributed by atoms with van der Waals surface area (Å²) in [5.74, 6) is -0.0245. The first-order valence-corrected chi connectivity index (χ1v) is 8.68. The van der Waals surface area contributed by atoms with Gasteiger partial charge in [0.25, 0.3) is 0 Å². The van der Waals surface area contributed by atoms with E-state index in [1.807, 2.05) is 0 Å². The number of benzene rings is 2. The van der Waals surface area contributed by atoms with E-state index in [0.717, 1.165) is 0 Å². The van der Waals surface area contributed by atoms with Crippen molar-refractivity contribution in [3.63, 3.8) is 0 Å². The van der Waals surface area contributed by atoms with Crippen LogP contribution in [0.2, 0.25) is 0 Å². The molecule has 0 spiro atoms. The van der Waals surface area contributed by atoms with Crippen LogP contribution in [-0.2, 0) is 9.84 Å². The lowest BCUT2D eigenvalue weighted by Gasteiger charge is -2.35. The van der Waals surface area contributed by atoms with Crippen LogP contribution in [0.3, 0.4) is 0 Å². The van der Waals surface area contributed by atoms with E-state index in [4.69, 9.17) is 4.74 Å². The Bertz CT molecular complexity index is 856. The van der Waals surface area contributed by atoms with Gasteiger partial charge in [-0.2, -0.15) is 0 Å². The lowest BCUT2D eigenvalue weighted by Crippen LogP contribution is -2.53. The van der Waals surface area contributed by atoms with Gasteiger partial charge in [-0.15, -0.1) is 6.58 Å². The monoisotopic (exact) mass is 328 g/mol. The third-order valence-corrected chi connectivity index (χ3v) is 6.44. The maximum absolute atomic E-state index is 13.2. The molecule has 1 unspecified atom stereocenters. The maximum Gasteiger partial charge on any atom is 0.195 e. The summed E-state index contributed by atoms with van der Waals surface area (Å²) in [6, 6.07) is 14.7. The number of carbonyl (C=O) groups excluding carboxylic acids is 1. The minimum absolute atomic E-state index is 0.00258. The van der Waals surface area contributed by atoms with E-state index in [-0.39, 0.29) is 17.9 Å². The van der Waals surface area contributed by atoms with Crippen LogP contribution in [0.25, 0.3) is 0 Å². The van der Waals surface area contributed by atoms with E-state index in [2.05, 4.69) is 6.58 Å². The molecular formula is C18H16O4S. The van der Waals surface area contributed by atoms with E-state index in [1.165, 1.54) is 18.2 Å². The number of Topliss-reactive ketones (excluding diaryl/α,β-unsaturated/α-hetero) is 1. The van der Waals surface area contributed by atoms with E-state index < -0.39 is 20.4 Å². The first-order valence-electron chi connectivity index (χ1n) is 7.20. The molecule has 1 atom stereocenters. The van der Waals surface area contributed by atoms with Crippen LogP contribution < -0.4 is 4.74 Å². The second-order valence-electron chi connectivity index (χ2n) is 5.42. The van der Waals surface area contributed by atoms with Crippen LogP contribution in [-0.4, -0.2) is 25.6 Å². The summed E-state index contributed by atoms with van der Waals surface area (Å²) in [6.45, 7) is 3.41. The third kappa shape index (κ3) is 2.28. The van der Waals surface area contributed by atoms with Crippen LogP contribution in [0.15, 0.2) is 72.1 Å². The molecule has 0 aliphatic carbocycles. The predicted molar refractivity (Wildman–Crippen MR) is 87.4 cm³/mol. The number of hydrogen-bond acceptors (Lipinski definition) is 4. The molecule has 4 nitrogen and oxygen atoms in total. The smallest absolute Gasteiger partial charge is 0.195 e. The number of ketones is 1. The van der Waals surface area contributed by atoms with Crippen LogP contribution in [0.5, 0.6) is 5.75 Å². The van der Waals surface area contributed by atoms with Crippen molar-refractivity contribution < 1.29 is 17.9 Å². The molecule has 2 aromatic carbocycles. The Morgan fingerprint density at radius 2 is 1.74 bits per heavy atom. The van der Waals surface area contributed by atoms with Gasteiger partial charge in [-0.25, -0.2) is 8.42 Å². The highest BCUT2D eigenvalue weighted by Gasteiger charge is 2.54. The van der Waals surface area contributed by atoms with Gasteiger partial charge in [0.15, 0.2) is 20.4 Å². The lowest BCUT2D eigenvalue weighted by atomic mass is 9.91. The molecule has 0 aromatic heterocycles. The normalized spacial score (nSPS) is 20.4. The number of hydrogen-bond donors (Lipinski definition) is 0. The zero-order valence-corrected chi connectivity index (χ0v) is 13.3. The quantitative estimate of drug-likeness (QED) is 0.809. The van der Waals surface area contributed by atoms with Crippen molar-refractivity contribution in [1.29, 1.82) is 0 Å². The summed E-state index contributed by atoms with van der Waals surface area (Å²) >= 11 is 0. The second-order valence-corrected chi connectivity index (χ2v) is 7.68. The minimum Gasteiger partial charge on any atom is -0.491 e. The fourth-order valence-corrected chi connectivity index (χ4v) is 4.68. The molecule has 0 fully saturated rings. The van der Waals surface area contributed by atoms with Crippen LogP contribution in [0.1, 0.15) is 16.8 Å². The van der Waals surface area contributed by atoms with Gasteiger partial charge in [0.1, 0.15) is 12.4 Å². The fraction of sp³-hybridized carbons (Fsp3) is 0.167. The third-order valence-electron chi connectivity index (χ3n) is 4.05. The van der Waals surface area contributed by atoms with Crippen molar-refractivity contribution in [2.45, 2.75) is 16.1 Å². The maximum atomic E-state index is 13.2. The van der Waals surface area contributed by atoms with Gasteiger partial charge in [0, 0.05) is 0 Å². The molecule has 0 bridgehead atoms. The Labute approximate surface area is 135 Å². The zero-order valence-electron chi connectivity index (χ0n) is 12.4. The Hall–Kier alpha value is -2.40. The van der Waals surface area contributed by atoms with E-state index in [0.29, 0.717) is 11.3 Å². The summed E-state index contributed by atoms with van der Waals surface area (Å²) < 4.78 is 30.3. The molecule has 0 saturated heterocycles. The van der Waals surface area contributed by atoms with Gasteiger partial charge in [-0.3, -0.25) is 4.79 Å². The Morgan fingerprint density at radius 1 is 1.09 bits per heavy atom. The highest BCUT2D eigenvalue weighted by molar-refractivity contribution is 7.93. The predicted octanol–water partition coefficient (Wildman–Crippen LogP) is 3.05. The molecule has 0 N–H and O–H groups in total. The van der Waals surface area contributed by atoms with Gasteiger partial charge in [-0.05, 0) is 30.7 Å². The van der Waals surface area contributed by atoms with Crippen molar-refractivity contribution in [2.75, 3.05) is 6.61 Å². The Morgan fingerprint density at radius 3 is 2.43 bits per heavy atom. The number of ether oxygens (including phenoxy) is 1. The van der Waals surface area contributed by atoms with Gasteiger partial charge in [-0.1, -0.05) is 36.4 Å². The Balaban J connectivity index is 2.20. The molecule has 1 heterocycles. The molecule has 2 aromatic rings. The highest BCUT2D eigenvalue weighted by atomic mass is 32.2. The van der Waals surface area contributed by atoms with Crippen LogP contribution in [0, 0.1) is 0 Å². The zero-order chi connectivity index (χ0) is 16.5. The first kappa shape index (κ1) is 15.5. The molecule has 0 amide bonds. The number of rotatable bonds is 4. The van der Waals surface area contributed by atoms with Gasteiger partial charge in [0.2, 0.25) is 0 Å². The summed E-state index contributed by atoms with van der Waals surface area (Å²) in [7, 11) is -3.92. The fourth-order valence-electron chi connectivity index (χ4n) is 2.80. The van der Waals surface area contributed by atoms with E-state index in [1.54, 1.807) is 42.5 Å². The summed E-state index contributed by atoms with van der Waals surface area (Å²) in [4.78, 5) is 13.2. The van der Waals surface area contributed by atoms with Crippen molar-refractivity contribution in [3.05, 3.63) is 72.8 Å². The van der Waals surface area contributed by atoms with E-state index in [9.17, 15) is 13.2 Å². The number of sulfone groups is 1. The van der Waals surface area contributed by atoms with Crippen molar-refractivity contribution >= 4 is 15.6 Å². The van der Waals surface area contributed by atoms with Crippen LogP contribution in [0.4, 0.5) is 0 Å². The molecule has 3 rings (SSSR count). The minimum atomic E-state index is -3.92.